The van der Waals surface area contributed by atoms with Crippen LogP contribution in [0.15, 0.2) is 85.0 Å². The summed E-state index contributed by atoms with van der Waals surface area (Å²) in [6, 6.07) is 21.1. The third kappa shape index (κ3) is 3.38. The molecule has 0 aliphatic heterocycles. The number of rotatable bonds is 6. The van der Waals surface area contributed by atoms with Gasteiger partial charge < -0.3 is 4.90 Å². The van der Waals surface area contributed by atoms with Gasteiger partial charge in [-0.25, -0.2) is 0 Å². The molecule has 0 saturated carbocycles. The fourth-order valence-electron chi connectivity index (χ4n) is 4.64. The van der Waals surface area contributed by atoms with Gasteiger partial charge in [0.2, 0.25) is 0 Å². The number of thiophene rings is 1. The molecular weight excluding hydrogens is 384 g/mol. The molecule has 0 amide bonds. The molecule has 2 aromatic carbocycles. The van der Waals surface area contributed by atoms with E-state index in [-0.39, 0.29) is 5.41 Å². The van der Waals surface area contributed by atoms with Crippen LogP contribution in [0.25, 0.3) is 11.1 Å². The molecule has 4 rings (SSSR count). The number of hydrogen-bond donors (Lipinski definition) is 0. The first kappa shape index (κ1) is 20.2. The maximum Gasteiger partial charge on any atom is 0.0991 e. The molecule has 2 nitrogen and oxygen atoms in total. The van der Waals surface area contributed by atoms with Crippen molar-refractivity contribution in [1.82, 2.24) is 4.90 Å². The third-order valence-corrected chi connectivity index (χ3v) is 7.72. The van der Waals surface area contributed by atoms with Gasteiger partial charge in [-0.3, -0.25) is 0 Å². The van der Waals surface area contributed by atoms with E-state index in [2.05, 4.69) is 72.8 Å². The largest absolute Gasteiger partial charge is 0.355 e. The molecular formula is C27H26N2S. The molecule has 1 aromatic heterocycles. The van der Waals surface area contributed by atoms with E-state index >= 15 is 0 Å². The zero-order valence-corrected chi connectivity index (χ0v) is 18.4. The number of nitrogens with zero attached hydrogens (tertiary/aromatic N) is 2. The van der Waals surface area contributed by atoms with Crippen LogP contribution in [0.1, 0.15) is 34.4 Å². The second kappa shape index (κ2) is 7.97. The van der Waals surface area contributed by atoms with Crippen molar-refractivity contribution >= 4 is 11.3 Å². The first-order valence-corrected chi connectivity index (χ1v) is 11.1. The van der Waals surface area contributed by atoms with E-state index in [1.165, 1.54) is 21.6 Å². The molecule has 150 valence electrons. The lowest BCUT2D eigenvalue weighted by molar-refractivity contribution is 0.256. The molecule has 1 aliphatic rings. The average molecular weight is 411 g/mol. The molecule has 0 radical (unpaired) electrons. The highest BCUT2D eigenvalue weighted by Crippen LogP contribution is 2.53. The fraction of sp³-hybridized carbons (Fsp3) is 0.222. The van der Waals surface area contributed by atoms with Gasteiger partial charge in [-0.2, -0.15) is 5.26 Å². The minimum absolute atomic E-state index is 0.0801. The Kier molecular flexibility index (Phi) is 5.37. The molecule has 1 aliphatic carbocycles. The Bertz CT molecular complexity index is 1120. The van der Waals surface area contributed by atoms with Crippen LogP contribution in [0.3, 0.4) is 0 Å². The van der Waals surface area contributed by atoms with Crippen molar-refractivity contribution in [2.45, 2.75) is 25.7 Å². The molecule has 0 saturated heterocycles. The van der Waals surface area contributed by atoms with Gasteiger partial charge in [0.15, 0.2) is 0 Å². The number of hydrogen-bond acceptors (Lipinski definition) is 3. The lowest BCUT2D eigenvalue weighted by atomic mass is 9.70. The van der Waals surface area contributed by atoms with Crippen molar-refractivity contribution in [3.05, 3.63) is 107 Å². The average Bonchev–Trinajstić information content (AvgIpc) is 3.43. The van der Waals surface area contributed by atoms with E-state index in [1.807, 2.05) is 31.4 Å². The molecule has 30 heavy (non-hydrogen) atoms. The molecule has 0 bridgehead atoms. The van der Waals surface area contributed by atoms with Crippen LogP contribution in [0.2, 0.25) is 0 Å². The smallest absolute Gasteiger partial charge is 0.0991 e. The molecule has 3 heteroatoms. The summed E-state index contributed by atoms with van der Waals surface area (Å²) in [5.41, 5.74) is 6.83. The van der Waals surface area contributed by atoms with Gasteiger partial charge in [0.25, 0.3) is 0 Å². The van der Waals surface area contributed by atoms with Gasteiger partial charge in [0.05, 0.1) is 11.6 Å². The molecule has 3 aromatic rings. The Morgan fingerprint density at radius 1 is 1.13 bits per heavy atom. The molecule has 0 fully saturated rings. The number of nitriles is 1. The van der Waals surface area contributed by atoms with E-state index < -0.39 is 0 Å². The summed E-state index contributed by atoms with van der Waals surface area (Å²) >= 11 is 1.80. The van der Waals surface area contributed by atoms with Crippen LogP contribution in [0, 0.1) is 16.7 Å². The third-order valence-electron chi connectivity index (χ3n) is 6.60. The summed E-state index contributed by atoms with van der Waals surface area (Å²) < 4.78 is 0. The van der Waals surface area contributed by atoms with Crippen LogP contribution >= 0.6 is 11.3 Å². The quantitative estimate of drug-likeness (QED) is 0.449. The minimum atomic E-state index is -0.0801. The number of benzene rings is 2. The highest BCUT2D eigenvalue weighted by Gasteiger charge is 2.46. The standard InChI is InChI=1S/C27H26N2S/c1-5-29(4)20(3)27(15-23-10-6-7-11-24(23)16-27)19(2)26-14-25(18-30-26)22-12-8-9-21(13-22)17-28/h5-14,18-19H,1,3,15-16H2,2,4H3. The van der Waals surface area contributed by atoms with Crippen LogP contribution in [0.4, 0.5) is 0 Å². The number of allylic oxidation sites excluding steroid dienone is 1. The lowest BCUT2D eigenvalue weighted by Crippen LogP contribution is -2.35. The Hall–Kier alpha value is -3.09. The van der Waals surface area contributed by atoms with Gasteiger partial charge >= 0.3 is 0 Å². The van der Waals surface area contributed by atoms with Crippen molar-refractivity contribution in [3.8, 4) is 17.2 Å². The summed E-state index contributed by atoms with van der Waals surface area (Å²) in [4.78, 5) is 3.42. The summed E-state index contributed by atoms with van der Waals surface area (Å²) in [6.45, 7) is 10.8. The second-order valence-corrected chi connectivity index (χ2v) is 9.11. The maximum atomic E-state index is 9.23. The monoisotopic (exact) mass is 410 g/mol. The zero-order valence-electron chi connectivity index (χ0n) is 17.6. The van der Waals surface area contributed by atoms with Gasteiger partial charge in [-0.05, 0) is 64.9 Å². The Balaban J connectivity index is 1.72. The van der Waals surface area contributed by atoms with Gasteiger partial charge in [-0.15, -0.1) is 11.3 Å². The first-order chi connectivity index (χ1) is 14.5. The zero-order chi connectivity index (χ0) is 21.3. The van der Waals surface area contributed by atoms with Crippen molar-refractivity contribution < 1.29 is 0 Å². The van der Waals surface area contributed by atoms with Crippen molar-refractivity contribution in [2.75, 3.05) is 7.05 Å². The molecule has 1 unspecified atom stereocenters. The summed E-state index contributed by atoms with van der Waals surface area (Å²) in [5.74, 6) is 0.303. The van der Waals surface area contributed by atoms with E-state index in [4.69, 9.17) is 0 Å². The van der Waals surface area contributed by atoms with Crippen molar-refractivity contribution in [2.24, 2.45) is 5.41 Å². The van der Waals surface area contributed by atoms with E-state index in [1.54, 1.807) is 11.3 Å². The molecule has 0 N–H and O–H groups in total. The minimum Gasteiger partial charge on any atom is -0.355 e. The van der Waals surface area contributed by atoms with Gasteiger partial charge in [-0.1, -0.05) is 56.5 Å². The second-order valence-electron chi connectivity index (χ2n) is 8.17. The van der Waals surface area contributed by atoms with Gasteiger partial charge in [0, 0.05) is 29.0 Å². The predicted molar refractivity (Wildman–Crippen MR) is 126 cm³/mol. The van der Waals surface area contributed by atoms with Crippen LogP contribution in [0.5, 0.6) is 0 Å². The van der Waals surface area contributed by atoms with E-state index in [0.29, 0.717) is 11.5 Å². The molecule has 1 heterocycles. The van der Waals surface area contributed by atoms with E-state index in [9.17, 15) is 5.26 Å². The fourth-order valence-corrected chi connectivity index (χ4v) is 5.73. The van der Waals surface area contributed by atoms with Crippen LogP contribution < -0.4 is 0 Å². The summed E-state index contributed by atoms with van der Waals surface area (Å²) in [5, 5.41) is 11.4. The lowest BCUT2D eigenvalue weighted by Gasteiger charge is -2.40. The summed E-state index contributed by atoms with van der Waals surface area (Å²) in [6.07, 6.45) is 3.82. The Labute approximate surface area is 183 Å². The highest BCUT2D eigenvalue weighted by molar-refractivity contribution is 7.10. The van der Waals surface area contributed by atoms with E-state index in [0.717, 1.165) is 24.1 Å². The Morgan fingerprint density at radius 2 is 1.83 bits per heavy atom. The Morgan fingerprint density at radius 3 is 2.47 bits per heavy atom. The molecule has 0 spiro atoms. The van der Waals surface area contributed by atoms with Gasteiger partial charge in [0.1, 0.15) is 0 Å². The normalized spacial score (nSPS) is 15.1. The van der Waals surface area contributed by atoms with Crippen LogP contribution in [-0.2, 0) is 12.8 Å². The maximum absolute atomic E-state index is 9.23. The van der Waals surface area contributed by atoms with Crippen molar-refractivity contribution in [1.29, 1.82) is 5.26 Å². The van der Waals surface area contributed by atoms with Crippen LogP contribution in [-0.4, -0.2) is 11.9 Å². The van der Waals surface area contributed by atoms with Crippen molar-refractivity contribution in [3.63, 3.8) is 0 Å². The highest BCUT2D eigenvalue weighted by atomic mass is 32.1. The summed E-state index contributed by atoms with van der Waals surface area (Å²) in [7, 11) is 2.04. The SMILES string of the molecule is C=CN(C)C(=C)C1(C(C)c2cc(-c3cccc(C#N)c3)cs2)Cc2ccccc2C1. The topological polar surface area (TPSA) is 27.0 Å². The predicted octanol–water partition coefficient (Wildman–Crippen LogP) is 6.76. The number of fused-ring (bicyclic) bond motifs is 1. The first-order valence-electron chi connectivity index (χ1n) is 10.2. The molecule has 1 atom stereocenters.